The number of hydrogen-bond acceptors (Lipinski definition) is 7. The van der Waals surface area contributed by atoms with Crippen LogP contribution in [0.25, 0.3) is 0 Å². The van der Waals surface area contributed by atoms with Crippen LogP contribution in [-0.2, 0) is 14.3 Å². The minimum atomic E-state index is -0.696. The van der Waals surface area contributed by atoms with Crippen molar-refractivity contribution in [2.45, 2.75) is 46.8 Å². The van der Waals surface area contributed by atoms with E-state index in [1.54, 1.807) is 13.8 Å². The van der Waals surface area contributed by atoms with Crippen LogP contribution >= 0.6 is 0 Å². The van der Waals surface area contributed by atoms with Crippen LogP contribution in [0.5, 0.6) is 0 Å². The second-order valence-corrected chi connectivity index (χ2v) is 6.51. The van der Waals surface area contributed by atoms with Gasteiger partial charge in [0.1, 0.15) is 11.3 Å². The fraction of sp³-hybridized carbons (Fsp3) is 0.611. The molecule has 2 atom stereocenters. The van der Waals surface area contributed by atoms with Gasteiger partial charge in [-0.25, -0.2) is 4.79 Å². The molecule has 8 nitrogen and oxygen atoms in total. The van der Waals surface area contributed by atoms with Crippen LogP contribution in [0.1, 0.15) is 54.2 Å². The summed E-state index contributed by atoms with van der Waals surface area (Å²) in [7, 11) is 0. The molecule has 1 aromatic heterocycles. The van der Waals surface area contributed by atoms with E-state index < -0.39 is 5.97 Å². The molecule has 0 bridgehead atoms. The number of carbonyl (C=O) groups is 3. The molecule has 0 spiro atoms. The van der Waals surface area contributed by atoms with Crippen LogP contribution in [0, 0.1) is 6.92 Å². The maximum absolute atomic E-state index is 12.4. The predicted molar refractivity (Wildman–Crippen MR) is 94.5 cm³/mol. The Morgan fingerprint density at radius 3 is 2.35 bits per heavy atom. The van der Waals surface area contributed by atoms with Crippen LogP contribution < -0.4 is 5.32 Å². The SMILES string of the molecule is CCOC(=O)c1c(NC(=O)CN2C[C@H](C)O[C@@H](C)C2)oc(C)c1C(C)=O. The highest BCUT2D eigenvalue weighted by molar-refractivity contribution is 6.10. The number of nitrogens with one attached hydrogen (secondary N) is 1. The van der Waals surface area contributed by atoms with E-state index in [2.05, 4.69) is 5.32 Å². The summed E-state index contributed by atoms with van der Waals surface area (Å²) in [4.78, 5) is 38.5. The lowest BCUT2D eigenvalue weighted by Gasteiger charge is -2.34. The average molecular weight is 366 g/mol. The molecule has 0 unspecified atom stereocenters. The summed E-state index contributed by atoms with van der Waals surface area (Å²) in [5.41, 5.74) is 0.0984. The number of ketones is 1. The number of Topliss-reactive ketones (excluding diaryl/α,β-unsaturated/α-hetero) is 1. The third kappa shape index (κ3) is 4.70. The van der Waals surface area contributed by atoms with E-state index in [0.717, 1.165) is 0 Å². The molecule has 2 rings (SSSR count). The average Bonchev–Trinajstić information content (AvgIpc) is 2.82. The number of rotatable bonds is 6. The van der Waals surface area contributed by atoms with Gasteiger partial charge in [-0.05, 0) is 34.6 Å². The van der Waals surface area contributed by atoms with E-state index in [9.17, 15) is 14.4 Å². The van der Waals surface area contributed by atoms with Crippen molar-refractivity contribution < 1.29 is 28.3 Å². The highest BCUT2D eigenvalue weighted by Crippen LogP contribution is 2.28. The number of hydrogen-bond donors (Lipinski definition) is 1. The van der Waals surface area contributed by atoms with Gasteiger partial charge in [-0.3, -0.25) is 19.8 Å². The first-order valence-corrected chi connectivity index (χ1v) is 8.72. The van der Waals surface area contributed by atoms with Crippen LogP contribution in [0.2, 0.25) is 0 Å². The Bertz CT molecular complexity index is 686. The number of nitrogens with zero attached hydrogens (tertiary/aromatic N) is 1. The van der Waals surface area contributed by atoms with Gasteiger partial charge in [-0.2, -0.15) is 0 Å². The number of carbonyl (C=O) groups excluding carboxylic acids is 3. The van der Waals surface area contributed by atoms with Gasteiger partial charge in [0.2, 0.25) is 11.8 Å². The van der Waals surface area contributed by atoms with E-state index in [-0.39, 0.29) is 59.8 Å². The molecule has 1 saturated heterocycles. The molecule has 26 heavy (non-hydrogen) atoms. The largest absolute Gasteiger partial charge is 0.462 e. The van der Waals surface area contributed by atoms with Crippen molar-refractivity contribution in [2.24, 2.45) is 0 Å². The quantitative estimate of drug-likeness (QED) is 0.607. The summed E-state index contributed by atoms with van der Waals surface area (Å²) in [6.07, 6.45) is 0.0774. The fourth-order valence-electron chi connectivity index (χ4n) is 3.24. The van der Waals surface area contributed by atoms with E-state index in [1.165, 1.54) is 6.92 Å². The Labute approximate surface area is 152 Å². The van der Waals surface area contributed by atoms with Gasteiger partial charge in [-0.15, -0.1) is 0 Å². The lowest BCUT2D eigenvalue weighted by atomic mass is 10.1. The van der Waals surface area contributed by atoms with Crippen LogP contribution in [0.4, 0.5) is 5.88 Å². The maximum Gasteiger partial charge on any atom is 0.344 e. The number of aryl methyl sites for hydroxylation is 1. The lowest BCUT2D eigenvalue weighted by molar-refractivity contribution is -0.121. The number of furan rings is 1. The molecular weight excluding hydrogens is 340 g/mol. The molecule has 0 radical (unpaired) electrons. The van der Waals surface area contributed by atoms with Crippen molar-refractivity contribution in [2.75, 3.05) is 31.6 Å². The van der Waals surface area contributed by atoms with Crippen molar-refractivity contribution in [1.82, 2.24) is 4.90 Å². The third-order valence-electron chi connectivity index (χ3n) is 4.03. The highest BCUT2D eigenvalue weighted by atomic mass is 16.5. The lowest BCUT2D eigenvalue weighted by Crippen LogP contribution is -2.48. The van der Waals surface area contributed by atoms with Crippen molar-refractivity contribution in [3.8, 4) is 0 Å². The molecular formula is C18H26N2O6. The van der Waals surface area contributed by atoms with E-state index in [0.29, 0.717) is 13.1 Å². The van der Waals surface area contributed by atoms with Gasteiger partial charge < -0.3 is 13.9 Å². The molecule has 1 aromatic rings. The van der Waals surface area contributed by atoms with Gasteiger partial charge >= 0.3 is 5.97 Å². The van der Waals surface area contributed by atoms with Crippen LogP contribution in [0.15, 0.2) is 4.42 Å². The molecule has 1 N–H and O–H groups in total. The van der Waals surface area contributed by atoms with Crippen molar-refractivity contribution in [3.05, 3.63) is 16.9 Å². The normalized spacial score (nSPS) is 20.7. The van der Waals surface area contributed by atoms with Gasteiger partial charge in [0.05, 0.1) is 30.9 Å². The second kappa shape index (κ2) is 8.46. The predicted octanol–water partition coefficient (Wildman–Crippen LogP) is 2.02. The molecule has 1 fully saturated rings. The maximum atomic E-state index is 12.4. The van der Waals surface area contributed by atoms with Gasteiger partial charge in [0.15, 0.2) is 5.78 Å². The van der Waals surface area contributed by atoms with Gasteiger partial charge in [-0.1, -0.05) is 0 Å². The Balaban J connectivity index is 2.17. The minimum absolute atomic E-state index is 0.0334. The Morgan fingerprint density at radius 1 is 1.19 bits per heavy atom. The number of amides is 1. The summed E-state index contributed by atoms with van der Waals surface area (Å²) >= 11 is 0. The number of esters is 1. The molecule has 2 heterocycles. The summed E-state index contributed by atoms with van der Waals surface area (Å²) < 4.78 is 16.1. The smallest absolute Gasteiger partial charge is 0.344 e. The molecule has 1 aliphatic heterocycles. The first-order chi connectivity index (χ1) is 12.2. The summed E-state index contributed by atoms with van der Waals surface area (Å²) in [6.45, 7) is 10.0. The molecule has 8 heteroatoms. The van der Waals surface area contributed by atoms with Gasteiger partial charge in [0.25, 0.3) is 0 Å². The standard InChI is InChI=1S/C18H26N2O6/c1-6-24-18(23)16-15(12(4)21)13(5)26-17(16)19-14(22)9-20-7-10(2)25-11(3)8-20/h10-11H,6-9H2,1-5H3,(H,19,22)/t10-,11-/m0/s1. The zero-order valence-electron chi connectivity index (χ0n) is 15.9. The Morgan fingerprint density at radius 2 is 1.81 bits per heavy atom. The molecule has 0 aliphatic carbocycles. The molecule has 1 aliphatic rings. The minimum Gasteiger partial charge on any atom is -0.462 e. The zero-order chi connectivity index (χ0) is 19.4. The van der Waals surface area contributed by atoms with Crippen LogP contribution in [-0.4, -0.2) is 61.0 Å². The highest BCUT2D eigenvalue weighted by Gasteiger charge is 2.30. The van der Waals surface area contributed by atoms with Crippen LogP contribution in [0.3, 0.4) is 0 Å². The monoisotopic (exact) mass is 366 g/mol. The molecule has 0 saturated carbocycles. The van der Waals surface area contributed by atoms with Crippen molar-refractivity contribution in [1.29, 1.82) is 0 Å². The fourth-order valence-corrected chi connectivity index (χ4v) is 3.24. The van der Waals surface area contributed by atoms with E-state index in [4.69, 9.17) is 13.9 Å². The summed E-state index contributed by atoms with van der Waals surface area (Å²) in [6, 6.07) is 0. The number of morpholine rings is 1. The van der Waals surface area contributed by atoms with Crippen molar-refractivity contribution >= 4 is 23.5 Å². The van der Waals surface area contributed by atoms with E-state index in [1.807, 2.05) is 18.7 Å². The second-order valence-electron chi connectivity index (χ2n) is 6.51. The van der Waals surface area contributed by atoms with E-state index >= 15 is 0 Å². The number of anilines is 1. The first kappa shape index (κ1) is 20.1. The zero-order valence-corrected chi connectivity index (χ0v) is 15.9. The van der Waals surface area contributed by atoms with Crippen molar-refractivity contribution in [3.63, 3.8) is 0 Å². The Hall–Kier alpha value is -2.19. The summed E-state index contributed by atoms with van der Waals surface area (Å²) in [5, 5.41) is 2.60. The summed E-state index contributed by atoms with van der Waals surface area (Å²) in [5.74, 6) is -1.14. The Kier molecular flexibility index (Phi) is 6.55. The molecule has 0 aromatic carbocycles. The first-order valence-electron chi connectivity index (χ1n) is 8.72. The van der Waals surface area contributed by atoms with Gasteiger partial charge in [0, 0.05) is 13.1 Å². The molecule has 1 amide bonds. The third-order valence-corrected chi connectivity index (χ3v) is 4.03. The molecule has 144 valence electrons. The number of ether oxygens (including phenoxy) is 2. The topological polar surface area (TPSA) is 98.1 Å².